The van der Waals surface area contributed by atoms with Crippen molar-refractivity contribution in [3.63, 3.8) is 0 Å². The monoisotopic (exact) mass is 189 g/mol. The van der Waals surface area contributed by atoms with Crippen LogP contribution in [0, 0.1) is 12.3 Å². The lowest BCUT2D eigenvalue weighted by Crippen LogP contribution is -2.05. The molecule has 1 nitrogen and oxygen atoms in total. The predicted molar refractivity (Wildman–Crippen MR) is 54.4 cm³/mol. The fourth-order valence-corrected chi connectivity index (χ4v) is 1.92. The third kappa shape index (κ3) is 1.40. The zero-order valence-corrected chi connectivity index (χ0v) is 7.83. The van der Waals surface area contributed by atoms with Crippen molar-refractivity contribution in [2.45, 2.75) is 25.1 Å². The van der Waals surface area contributed by atoms with E-state index in [4.69, 9.17) is 12.2 Å². The van der Waals surface area contributed by atoms with Crippen molar-refractivity contribution in [3.8, 4) is 12.3 Å². The van der Waals surface area contributed by atoms with Gasteiger partial charge in [0.05, 0.1) is 0 Å². The summed E-state index contributed by atoms with van der Waals surface area (Å²) in [6.07, 6.45) is 5.61. The van der Waals surface area contributed by atoms with Gasteiger partial charge in [-0.2, -0.15) is 0 Å². The largest absolute Gasteiger partial charge is 0.324 e. The summed E-state index contributed by atoms with van der Waals surface area (Å²) < 4.78 is 13.2. The third-order valence-corrected chi connectivity index (χ3v) is 2.73. The summed E-state index contributed by atoms with van der Waals surface area (Å²) in [4.78, 5) is 0. The van der Waals surface area contributed by atoms with Crippen molar-refractivity contribution in [1.29, 1.82) is 0 Å². The average Bonchev–Trinajstić information content (AvgIpc) is 2.59. The van der Waals surface area contributed by atoms with Gasteiger partial charge in [0, 0.05) is 6.04 Å². The van der Waals surface area contributed by atoms with Gasteiger partial charge in [0.25, 0.3) is 0 Å². The molecule has 0 bridgehead atoms. The molecule has 2 unspecified atom stereocenters. The standard InChI is InChI=1S/C12H12FN/c1-2-11(13)9-3-5-10-8(7-9)4-6-12(10)14/h1,3,5,7,11-12H,4,6,14H2. The Kier molecular flexibility index (Phi) is 2.26. The summed E-state index contributed by atoms with van der Waals surface area (Å²) in [6, 6.07) is 5.58. The molecule has 14 heavy (non-hydrogen) atoms. The molecule has 2 atom stereocenters. The number of nitrogens with two attached hydrogens (primary N) is 1. The van der Waals surface area contributed by atoms with Crippen LogP contribution in [0.2, 0.25) is 0 Å². The van der Waals surface area contributed by atoms with Gasteiger partial charge in [-0.15, -0.1) is 6.42 Å². The highest BCUT2D eigenvalue weighted by molar-refractivity contribution is 5.39. The van der Waals surface area contributed by atoms with E-state index in [1.54, 1.807) is 6.07 Å². The Bertz CT molecular complexity index is 392. The van der Waals surface area contributed by atoms with Crippen LogP contribution in [0.3, 0.4) is 0 Å². The van der Waals surface area contributed by atoms with Crippen molar-refractivity contribution in [2.24, 2.45) is 5.73 Å². The van der Waals surface area contributed by atoms with E-state index in [-0.39, 0.29) is 6.04 Å². The van der Waals surface area contributed by atoms with E-state index in [9.17, 15) is 4.39 Å². The molecule has 0 radical (unpaired) electrons. The molecule has 0 saturated heterocycles. The number of halogens is 1. The topological polar surface area (TPSA) is 26.0 Å². The van der Waals surface area contributed by atoms with Crippen LogP contribution in [0.4, 0.5) is 4.39 Å². The van der Waals surface area contributed by atoms with Gasteiger partial charge in [-0.25, -0.2) is 4.39 Å². The van der Waals surface area contributed by atoms with Gasteiger partial charge in [-0.05, 0) is 29.5 Å². The van der Waals surface area contributed by atoms with E-state index in [2.05, 4.69) is 5.92 Å². The molecule has 0 fully saturated rings. The molecule has 1 aliphatic rings. The van der Waals surface area contributed by atoms with Crippen LogP contribution in [0.1, 0.15) is 35.3 Å². The first-order valence-electron chi connectivity index (χ1n) is 4.71. The molecule has 2 rings (SSSR count). The lowest BCUT2D eigenvalue weighted by molar-refractivity contribution is 0.428. The van der Waals surface area contributed by atoms with E-state index in [1.807, 2.05) is 12.1 Å². The molecule has 0 aliphatic heterocycles. The molecule has 72 valence electrons. The SMILES string of the molecule is C#CC(F)c1ccc2c(c1)CCC2N. The molecule has 0 heterocycles. The van der Waals surface area contributed by atoms with Gasteiger partial charge >= 0.3 is 0 Å². The van der Waals surface area contributed by atoms with Crippen LogP contribution in [0.25, 0.3) is 0 Å². The van der Waals surface area contributed by atoms with E-state index in [0.29, 0.717) is 5.56 Å². The zero-order chi connectivity index (χ0) is 10.1. The second-order valence-corrected chi connectivity index (χ2v) is 3.63. The lowest BCUT2D eigenvalue weighted by Gasteiger charge is -2.07. The highest BCUT2D eigenvalue weighted by Gasteiger charge is 2.20. The summed E-state index contributed by atoms with van der Waals surface area (Å²) >= 11 is 0. The minimum atomic E-state index is -1.29. The van der Waals surface area contributed by atoms with Crippen LogP contribution < -0.4 is 5.73 Å². The molecule has 0 amide bonds. The molecule has 2 heteroatoms. The Morgan fingerprint density at radius 3 is 3.07 bits per heavy atom. The summed E-state index contributed by atoms with van der Waals surface area (Å²) in [5.41, 5.74) is 8.72. The molecule has 0 aromatic heterocycles. The van der Waals surface area contributed by atoms with Gasteiger partial charge in [-0.3, -0.25) is 0 Å². The van der Waals surface area contributed by atoms with Crippen molar-refractivity contribution in [2.75, 3.05) is 0 Å². The van der Waals surface area contributed by atoms with E-state index in [0.717, 1.165) is 24.0 Å². The molecule has 0 spiro atoms. The summed E-state index contributed by atoms with van der Waals surface area (Å²) in [5.74, 6) is 2.09. The van der Waals surface area contributed by atoms with Crippen molar-refractivity contribution in [3.05, 3.63) is 34.9 Å². The minimum absolute atomic E-state index is 0.114. The molecule has 2 N–H and O–H groups in total. The maximum absolute atomic E-state index is 13.2. The van der Waals surface area contributed by atoms with Crippen molar-refractivity contribution < 1.29 is 4.39 Å². The molecule has 0 saturated carbocycles. The molecular weight excluding hydrogens is 177 g/mol. The average molecular weight is 189 g/mol. The number of aryl methyl sites for hydroxylation is 1. The first kappa shape index (κ1) is 9.23. The highest BCUT2D eigenvalue weighted by Crippen LogP contribution is 2.31. The number of benzene rings is 1. The van der Waals surface area contributed by atoms with Gasteiger partial charge in [0.15, 0.2) is 6.17 Å². The Labute approximate surface area is 83.1 Å². The van der Waals surface area contributed by atoms with Gasteiger partial charge < -0.3 is 5.73 Å². The molecule has 1 aromatic rings. The fourth-order valence-electron chi connectivity index (χ4n) is 1.92. The highest BCUT2D eigenvalue weighted by atomic mass is 19.1. The smallest absolute Gasteiger partial charge is 0.185 e. The Morgan fingerprint density at radius 1 is 1.57 bits per heavy atom. The minimum Gasteiger partial charge on any atom is -0.324 e. The van der Waals surface area contributed by atoms with Crippen LogP contribution in [0.15, 0.2) is 18.2 Å². The van der Waals surface area contributed by atoms with Gasteiger partial charge in [-0.1, -0.05) is 24.1 Å². The normalized spacial score (nSPS) is 21.4. The number of fused-ring (bicyclic) bond motifs is 1. The van der Waals surface area contributed by atoms with Crippen LogP contribution in [-0.4, -0.2) is 0 Å². The van der Waals surface area contributed by atoms with E-state index < -0.39 is 6.17 Å². The third-order valence-electron chi connectivity index (χ3n) is 2.73. The second-order valence-electron chi connectivity index (χ2n) is 3.63. The Morgan fingerprint density at radius 2 is 2.36 bits per heavy atom. The molecular formula is C12H12FN. The second kappa shape index (κ2) is 3.43. The van der Waals surface area contributed by atoms with Crippen molar-refractivity contribution >= 4 is 0 Å². The van der Waals surface area contributed by atoms with Crippen LogP contribution >= 0.6 is 0 Å². The first-order chi connectivity index (χ1) is 6.72. The predicted octanol–water partition coefficient (Wildman–Crippen LogP) is 2.28. The number of rotatable bonds is 1. The number of hydrogen-bond acceptors (Lipinski definition) is 1. The Balaban J connectivity index is 2.38. The van der Waals surface area contributed by atoms with Gasteiger partial charge in [0.2, 0.25) is 0 Å². The summed E-state index contributed by atoms with van der Waals surface area (Å²) in [7, 11) is 0. The van der Waals surface area contributed by atoms with Crippen molar-refractivity contribution in [1.82, 2.24) is 0 Å². The number of terminal acetylenes is 1. The van der Waals surface area contributed by atoms with Gasteiger partial charge in [0.1, 0.15) is 0 Å². The quantitative estimate of drug-likeness (QED) is 0.674. The van der Waals surface area contributed by atoms with Crippen LogP contribution in [-0.2, 0) is 6.42 Å². The van der Waals surface area contributed by atoms with Crippen LogP contribution in [0.5, 0.6) is 0 Å². The molecule has 1 aromatic carbocycles. The molecule has 1 aliphatic carbocycles. The Hall–Kier alpha value is -1.33. The maximum Gasteiger partial charge on any atom is 0.185 e. The van der Waals surface area contributed by atoms with E-state index in [1.165, 1.54) is 0 Å². The number of hydrogen-bond donors (Lipinski definition) is 1. The zero-order valence-electron chi connectivity index (χ0n) is 7.83. The summed E-state index contributed by atoms with van der Waals surface area (Å²) in [6.45, 7) is 0. The summed E-state index contributed by atoms with van der Waals surface area (Å²) in [5, 5.41) is 0. The van der Waals surface area contributed by atoms with E-state index >= 15 is 0 Å². The maximum atomic E-state index is 13.2. The first-order valence-corrected chi connectivity index (χ1v) is 4.71. The number of alkyl halides is 1. The lowest BCUT2D eigenvalue weighted by atomic mass is 10.0. The fraction of sp³-hybridized carbons (Fsp3) is 0.333.